The molecule has 172 valence electrons. The van der Waals surface area contributed by atoms with Crippen molar-refractivity contribution >= 4 is 53.4 Å². The highest BCUT2D eigenvalue weighted by atomic mass is 35.5. The topological polar surface area (TPSA) is 129 Å². The van der Waals surface area contributed by atoms with Crippen LogP contribution in [0.2, 0.25) is 0 Å². The SMILES string of the molecule is Cc1ccc2nc(C(=O)NCC(C)C)nc(N[C@@H]3CCCC[C@H]3NC(=N)N)c2c1.Cl.Cl. The van der Waals surface area contributed by atoms with E-state index >= 15 is 0 Å². The van der Waals surface area contributed by atoms with E-state index in [4.69, 9.17) is 11.1 Å². The first-order valence-corrected chi connectivity index (χ1v) is 10.3. The van der Waals surface area contributed by atoms with Crippen molar-refractivity contribution in [2.45, 2.75) is 58.5 Å². The van der Waals surface area contributed by atoms with Crippen LogP contribution < -0.4 is 21.7 Å². The van der Waals surface area contributed by atoms with Crippen LogP contribution >= 0.6 is 24.8 Å². The predicted molar refractivity (Wildman–Crippen MR) is 131 cm³/mol. The summed E-state index contributed by atoms with van der Waals surface area (Å²) in [5, 5.41) is 17.9. The van der Waals surface area contributed by atoms with E-state index in [1.165, 1.54) is 0 Å². The number of guanidine groups is 1. The monoisotopic (exact) mass is 469 g/mol. The highest BCUT2D eigenvalue weighted by molar-refractivity contribution is 5.96. The third-order valence-electron chi connectivity index (χ3n) is 5.15. The minimum atomic E-state index is -0.272. The molecule has 6 N–H and O–H groups in total. The summed E-state index contributed by atoms with van der Waals surface area (Å²) in [6, 6.07) is 6.05. The van der Waals surface area contributed by atoms with Crippen LogP contribution in [0.4, 0.5) is 5.82 Å². The molecule has 1 aromatic heterocycles. The van der Waals surface area contributed by atoms with Crippen molar-refractivity contribution in [3.8, 4) is 0 Å². The molecule has 1 heterocycles. The van der Waals surface area contributed by atoms with Gasteiger partial charge in [0, 0.05) is 24.0 Å². The van der Waals surface area contributed by atoms with Crippen LogP contribution in [0.1, 0.15) is 55.7 Å². The number of carbonyl (C=O) groups excluding carboxylic acids is 1. The first-order valence-electron chi connectivity index (χ1n) is 10.3. The molecule has 0 spiro atoms. The van der Waals surface area contributed by atoms with Crippen molar-refractivity contribution in [2.75, 3.05) is 11.9 Å². The molecule has 1 aliphatic carbocycles. The number of aromatic nitrogens is 2. The second-order valence-electron chi connectivity index (χ2n) is 8.22. The van der Waals surface area contributed by atoms with Gasteiger partial charge in [-0.3, -0.25) is 10.2 Å². The number of nitrogens with two attached hydrogens (primary N) is 1. The fourth-order valence-electron chi connectivity index (χ4n) is 3.68. The smallest absolute Gasteiger partial charge is 0.289 e. The molecule has 1 aliphatic rings. The Bertz CT molecular complexity index is 907. The number of anilines is 1. The van der Waals surface area contributed by atoms with Crippen molar-refractivity contribution in [1.82, 2.24) is 20.6 Å². The highest BCUT2D eigenvalue weighted by Crippen LogP contribution is 2.27. The van der Waals surface area contributed by atoms with Gasteiger partial charge in [-0.1, -0.05) is 38.3 Å². The molecule has 3 rings (SSSR count). The predicted octanol–water partition coefficient (Wildman–Crippen LogP) is 3.37. The largest absolute Gasteiger partial charge is 0.370 e. The Morgan fingerprint density at radius 1 is 1.19 bits per heavy atom. The van der Waals surface area contributed by atoms with Gasteiger partial charge in [0.25, 0.3) is 5.91 Å². The van der Waals surface area contributed by atoms with Gasteiger partial charge in [-0.15, -0.1) is 24.8 Å². The van der Waals surface area contributed by atoms with Crippen LogP contribution in [0.5, 0.6) is 0 Å². The number of hydrogen-bond acceptors (Lipinski definition) is 5. The van der Waals surface area contributed by atoms with Gasteiger partial charge in [0.05, 0.1) is 5.52 Å². The summed E-state index contributed by atoms with van der Waals surface area (Å²) in [4.78, 5) is 21.7. The van der Waals surface area contributed by atoms with Crippen molar-refractivity contribution in [1.29, 1.82) is 5.41 Å². The zero-order chi connectivity index (χ0) is 21.0. The summed E-state index contributed by atoms with van der Waals surface area (Å²) in [5.41, 5.74) is 7.41. The van der Waals surface area contributed by atoms with Gasteiger partial charge in [0.1, 0.15) is 5.82 Å². The third-order valence-corrected chi connectivity index (χ3v) is 5.15. The molecule has 1 aromatic carbocycles. The number of aryl methyl sites for hydroxylation is 1. The molecule has 1 fully saturated rings. The number of benzene rings is 1. The average molecular weight is 470 g/mol. The van der Waals surface area contributed by atoms with E-state index in [2.05, 4.69) is 25.9 Å². The van der Waals surface area contributed by atoms with E-state index < -0.39 is 0 Å². The maximum absolute atomic E-state index is 12.6. The highest BCUT2D eigenvalue weighted by Gasteiger charge is 2.27. The zero-order valence-corrected chi connectivity index (χ0v) is 19.8. The van der Waals surface area contributed by atoms with Crippen molar-refractivity contribution in [2.24, 2.45) is 11.7 Å². The molecule has 10 heteroatoms. The minimum Gasteiger partial charge on any atom is -0.370 e. The van der Waals surface area contributed by atoms with Gasteiger partial charge in [-0.2, -0.15) is 0 Å². The normalized spacial score (nSPS) is 17.9. The van der Waals surface area contributed by atoms with Crippen molar-refractivity contribution in [3.63, 3.8) is 0 Å². The van der Waals surface area contributed by atoms with Gasteiger partial charge >= 0.3 is 0 Å². The number of nitrogens with zero attached hydrogens (tertiary/aromatic N) is 2. The molecule has 1 amide bonds. The van der Waals surface area contributed by atoms with Gasteiger partial charge in [0.2, 0.25) is 5.82 Å². The van der Waals surface area contributed by atoms with Crippen molar-refractivity contribution < 1.29 is 4.79 Å². The zero-order valence-electron chi connectivity index (χ0n) is 18.2. The van der Waals surface area contributed by atoms with E-state index in [1.54, 1.807) is 0 Å². The Morgan fingerprint density at radius 3 is 2.52 bits per heavy atom. The average Bonchev–Trinajstić information content (AvgIpc) is 2.67. The number of halogens is 2. The molecule has 2 atom stereocenters. The lowest BCUT2D eigenvalue weighted by Gasteiger charge is -2.33. The maximum atomic E-state index is 12.6. The van der Waals surface area contributed by atoms with Crippen molar-refractivity contribution in [3.05, 3.63) is 29.6 Å². The Hall–Kier alpha value is -2.32. The fraction of sp³-hybridized carbons (Fsp3) is 0.524. The molecule has 1 saturated carbocycles. The van der Waals surface area contributed by atoms with Gasteiger partial charge in [0.15, 0.2) is 5.96 Å². The Morgan fingerprint density at radius 2 is 1.87 bits per heavy atom. The summed E-state index contributed by atoms with van der Waals surface area (Å²) in [7, 11) is 0. The fourth-order valence-corrected chi connectivity index (χ4v) is 3.68. The molecular weight excluding hydrogens is 437 g/mol. The number of fused-ring (bicyclic) bond motifs is 1. The summed E-state index contributed by atoms with van der Waals surface area (Å²) < 4.78 is 0. The van der Waals surface area contributed by atoms with E-state index in [-0.39, 0.29) is 54.6 Å². The standard InChI is InChI=1S/C21H31N7O.2ClH/c1-12(2)11-24-20(29)19-25-15-9-8-13(3)10-14(15)18(28-19)26-16-6-4-5-7-17(16)27-21(22)23;;/h8-10,12,16-17H,4-7,11H2,1-3H3,(H,24,29)(H4,22,23,27)(H,25,26,28);2*1H/t16-,17-;;/m1../s1. The van der Waals surface area contributed by atoms with Crippen LogP contribution in [0.25, 0.3) is 10.9 Å². The van der Waals surface area contributed by atoms with Crippen LogP contribution in [0, 0.1) is 18.3 Å². The number of carbonyl (C=O) groups is 1. The van der Waals surface area contributed by atoms with E-state index in [9.17, 15) is 4.79 Å². The maximum Gasteiger partial charge on any atom is 0.289 e. The molecule has 8 nitrogen and oxygen atoms in total. The number of nitrogens with one attached hydrogen (secondary N) is 4. The summed E-state index contributed by atoms with van der Waals surface area (Å²) >= 11 is 0. The molecule has 0 aliphatic heterocycles. The molecule has 2 aromatic rings. The minimum absolute atomic E-state index is 0. The van der Waals surface area contributed by atoms with Crippen LogP contribution in [0.3, 0.4) is 0 Å². The third kappa shape index (κ3) is 7.11. The molecule has 0 bridgehead atoms. The Kier molecular flexibility index (Phi) is 10.3. The van der Waals surface area contributed by atoms with Gasteiger partial charge in [-0.25, -0.2) is 9.97 Å². The summed E-state index contributed by atoms with van der Waals surface area (Å²) in [6.45, 7) is 6.68. The Balaban J connectivity index is 0.00000240. The van der Waals surface area contributed by atoms with E-state index in [0.29, 0.717) is 18.3 Å². The lowest BCUT2D eigenvalue weighted by molar-refractivity contribution is 0.0939. The van der Waals surface area contributed by atoms with Gasteiger partial charge < -0.3 is 21.7 Å². The molecule has 0 unspecified atom stereocenters. The lowest BCUT2D eigenvalue weighted by Crippen LogP contribution is -2.50. The van der Waals surface area contributed by atoms with Crippen LogP contribution in [0.15, 0.2) is 18.2 Å². The molecule has 0 saturated heterocycles. The second kappa shape index (κ2) is 11.9. The van der Waals surface area contributed by atoms with Gasteiger partial charge in [-0.05, 0) is 37.8 Å². The number of rotatable bonds is 6. The second-order valence-corrected chi connectivity index (χ2v) is 8.22. The lowest BCUT2D eigenvalue weighted by atomic mass is 9.90. The van der Waals surface area contributed by atoms with E-state index in [0.717, 1.165) is 42.1 Å². The summed E-state index contributed by atoms with van der Waals surface area (Å²) in [5.74, 6) is 0.861. The first-order chi connectivity index (χ1) is 13.8. The number of hydrogen-bond donors (Lipinski definition) is 5. The molecule has 0 radical (unpaired) electrons. The van der Waals surface area contributed by atoms with E-state index in [1.807, 2.05) is 39.0 Å². The molecule has 31 heavy (non-hydrogen) atoms. The quantitative estimate of drug-likeness (QED) is 0.325. The molecular formula is C21H33Cl2N7O. The van der Waals surface area contributed by atoms with Crippen LogP contribution in [-0.4, -0.2) is 40.5 Å². The Labute approximate surface area is 195 Å². The first kappa shape index (κ1) is 26.7. The number of amides is 1. The van der Waals surface area contributed by atoms with Crippen LogP contribution in [-0.2, 0) is 0 Å². The summed E-state index contributed by atoms with van der Waals surface area (Å²) in [6.07, 6.45) is 4.06.